The first-order chi connectivity index (χ1) is 7.42. The van der Waals surface area contributed by atoms with Crippen LogP contribution in [0.5, 0.6) is 11.5 Å². The first kappa shape index (κ1) is 15.9. The van der Waals surface area contributed by atoms with Gasteiger partial charge in [0.25, 0.3) is 5.92 Å². The lowest BCUT2D eigenvalue weighted by atomic mass is 10.0. The van der Waals surface area contributed by atoms with Crippen LogP contribution in [-0.4, -0.2) is 29.9 Å². The Morgan fingerprint density at radius 2 is 2.06 bits per heavy atom. The van der Waals surface area contributed by atoms with E-state index in [0.717, 1.165) is 0 Å². The molecule has 0 aromatic heterocycles. The topological polar surface area (TPSA) is 75.7 Å². The van der Waals surface area contributed by atoms with Crippen molar-refractivity contribution in [2.75, 3.05) is 13.7 Å². The van der Waals surface area contributed by atoms with Gasteiger partial charge < -0.3 is 20.7 Å². The van der Waals surface area contributed by atoms with Gasteiger partial charge in [0.1, 0.15) is 24.1 Å². The van der Waals surface area contributed by atoms with Crippen molar-refractivity contribution in [2.45, 2.75) is 12.0 Å². The van der Waals surface area contributed by atoms with Crippen LogP contribution in [0.15, 0.2) is 18.2 Å². The number of ether oxygens (including phenoxy) is 1. The second-order valence-electron chi connectivity index (χ2n) is 3.32. The molecule has 98 valence electrons. The SMILES string of the molecule is COc1ccc([C@@H](N)C(F)(F)CO)c(O)c1.Cl. The number of aliphatic hydroxyl groups excluding tert-OH is 1. The maximum absolute atomic E-state index is 13.1. The van der Waals surface area contributed by atoms with E-state index in [9.17, 15) is 13.9 Å². The molecule has 0 unspecified atom stereocenters. The number of halogens is 3. The second kappa shape index (κ2) is 6.00. The van der Waals surface area contributed by atoms with Crippen LogP contribution in [0.25, 0.3) is 0 Å². The number of methoxy groups -OCH3 is 1. The summed E-state index contributed by atoms with van der Waals surface area (Å²) in [5.41, 5.74) is 5.13. The molecular formula is C10H14ClF2NO3. The number of hydrogen-bond acceptors (Lipinski definition) is 4. The van der Waals surface area contributed by atoms with E-state index in [1.807, 2.05) is 0 Å². The third kappa shape index (κ3) is 3.42. The van der Waals surface area contributed by atoms with Crippen LogP contribution in [-0.2, 0) is 0 Å². The highest BCUT2D eigenvalue weighted by molar-refractivity contribution is 5.85. The summed E-state index contributed by atoms with van der Waals surface area (Å²) in [5, 5.41) is 18.0. The molecule has 0 fully saturated rings. The van der Waals surface area contributed by atoms with Crippen molar-refractivity contribution in [3.8, 4) is 11.5 Å². The van der Waals surface area contributed by atoms with Crippen molar-refractivity contribution in [3.63, 3.8) is 0 Å². The Balaban J connectivity index is 0.00000256. The fourth-order valence-corrected chi connectivity index (χ4v) is 1.24. The van der Waals surface area contributed by atoms with Crippen LogP contribution >= 0.6 is 12.4 Å². The van der Waals surface area contributed by atoms with Gasteiger partial charge in [-0.25, -0.2) is 8.78 Å². The van der Waals surface area contributed by atoms with Crippen molar-refractivity contribution in [1.82, 2.24) is 0 Å². The minimum atomic E-state index is -3.48. The molecule has 0 bridgehead atoms. The van der Waals surface area contributed by atoms with Gasteiger partial charge >= 0.3 is 0 Å². The van der Waals surface area contributed by atoms with Gasteiger partial charge in [0.05, 0.1) is 7.11 Å². The molecule has 0 spiro atoms. The first-order valence-electron chi connectivity index (χ1n) is 4.53. The van der Waals surface area contributed by atoms with Gasteiger partial charge in [-0.05, 0) is 12.1 Å². The average molecular weight is 270 g/mol. The molecule has 1 aromatic rings. The van der Waals surface area contributed by atoms with E-state index in [1.165, 1.54) is 25.3 Å². The van der Waals surface area contributed by atoms with Crippen LogP contribution in [0.1, 0.15) is 11.6 Å². The minimum Gasteiger partial charge on any atom is -0.507 e. The van der Waals surface area contributed by atoms with Gasteiger partial charge in [-0.15, -0.1) is 12.4 Å². The Morgan fingerprint density at radius 1 is 1.47 bits per heavy atom. The molecule has 0 aliphatic carbocycles. The highest BCUT2D eigenvalue weighted by atomic mass is 35.5. The largest absolute Gasteiger partial charge is 0.507 e. The minimum absolute atomic E-state index is 0. The van der Waals surface area contributed by atoms with Crippen molar-refractivity contribution in [2.24, 2.45) is 5.73 Å². The second-order valence-corrected chi connectivity index (χ2v) is 3.32. The summed E-state index contributed by atoms with van der Waals surface area (Å²) in [7, 11) is 1.39. The smallest absolute Gasteiger partial charge is 0.289 e. The summed E-state index contributed by atoms with van der Waals surface area (Å²) in [6.45, 7) is -1.38. The maximum atomic E-state index is 13.1. The number of phenols is 1. The average Bonchev–Trinajstić information content (AvgIpc) is 2.28. The zero-order valence-electron chi connectivity index (χ0n) is 9.06. The quantitative estimate of drug-likeness (QED) is 0.773. The molecule has 0 saturated heterocycles. The van der Waals surface area contributed by atoms with Crippen molar-refractivity contribution >= 4 is 12.4 Å². The van der Waals surface area contributed by atoms with Gasteiger partial charge in [0.15, 0.2) is 0 Å². The van der Waals surface area contributed by atoms with Crippen LogP contribution in [0.4, 0.5) is 8.78 Å². The van der Waals surface area contributed by atoms with E-state index in [-0.39, 0.29) is 23.7 Å². The molecule has 17 heavy (non-hydrogen) atoms. The molecule has 4 N–H and O–H groups in total. The number of hydrogen-bond donors (Lipinski definition) is 3. The number of phenolic OH excluding ortho intramolecular Hbond substituents is 1. The highest BCUT2D eigenvalue weighted by Gasteiger charge is 2.38. The number of aliphatic hydroxyl groups is 1. The third-order valence-corrected chi connectivity index (χ3v) is 2.24. The van der Waals surface area contributed by atoms with E-state index in [1.54, 1.807) is 0 Å². The predicted octanol–water partition coefficient (Wildman–Crippen LogP) is 1.45. The van der Waals surface area contributed by atoms with Gasteiger partial charge in [0, 0.05) is 11.6 Å². The van der Waals surface area contributed by atoms with E-state index in [0.29, 0.717) is 5.75 Å². The standard InChI is InChI=1S/C10H13F2NO3.ClH/c1-16-6-2-3-7(8(15)4-6)9(13)10(11,12)5-14;/h2-4,9,14-15H,5,13H2,1H3;1H/t9-;/m1./s1. The normalized spacial score (nSPS) is 12.8. The molecule has 0 aliphatic heterocycles. The molecule has 1 atom stereocenters. The molecule has 4 nitrogen and oxygen atoms in total. The number of nitrogens with two attached hydrogens (primary N) is 1. The van der Waals surface area contributed by atoms with Crippen LogP contribution in [0.2, 0.25) is 0 Å². The van der Waals surface area contributed by atoms with Crippen LogP contribution in [0, 0.1) is 0 Å². The highest BCUT2D eigenvalue weighted by Crippen LogP contribution is 2.35. The monoisotopic (exact) mass is 269 g/mol. The van der Waals surface area contributed by atoms with E-state index in [2.05, 4.69) is 0 Å². The maximum Gasteiger partial charge on any atom is 0.289 e. The van der Waals surface area contributed by atoms with E-state index >= 15 is 0 Å². The number of alkyl halides is 2. The third-order valence-electron chi connectivity index (χ3n) is 2.24. The summed E-state index contributed by atoms with van der Waals surface area (Å²) >= 11 is 0. The molecule has 0 aliphatic rings. The Hall–Kier alpha value is -1.11. The lowest BCUT2D eigenvalue weighted by Crippen LogP contribution is -2.36. The molecule has 1 aromatic carbocycles. The van der Waals surface area contributed by atoms with Crippen LogP contribution < -0.4 is 10.5 Å². The zero-order chi connectivity index (χ0) is 12.3. The number of benzene rings is 1. The van der Waals surface area contributed by atoms with Crippen LogP contribution in [0.3, 0.4) is 0 Å². The Labute approximate surface area is 103 Å². The first-order valence-corrected chi connectivity index (χ1v) is 4.53. The number of rotatable bonds is 4. The number of aromatic hydroxyl groups is 1. The summed E-state index contributed by atoms with van der Waals surface area (Å²) in [6.07, 6.45) is 0. The Bertz CT molecular complexity index is 377. The van der Waals surface area contributed by atoms with Gasteiger partial charge in [-0.3, -0.25) is 0 Å². The molecule has 0 heterocycles. The lowest BCUT2D eigenvalue weighted by Gasteiger charge is -2.22. The van der Waals surface area contributed by atoms with Gasteiger partial charge in [-0.1, -0.05) is 0 Å². The molecule has 0 saturated carbocycles. The fourth-order valence-electron chi connectivity index (χ4n) is 1.24. The molecule has 7 heteroatoms. The summed E-state index contributed by atoms with van der Waals surface area (Å²) in [4.78, 5) is 0. The lowest BCUT2D eigenvalue weighted by molar-refractivity contribution is -0.0716. The summed E-state index contributed by atoms with van der Waals surface area (Å²) < 4.78 is 31.0. The predicted molar refractivity (Wildman–Crippen MR) is 60.9 cm³/mol. The molecule has 0 radical (unpaired) electrons. The van der Waals surface area contributed by atoms with E-state index in [4.69, 9.17) is 15.6 Å². The van der Waals surface area contributed by atoms with Gasteiger partial charge in [-0.2, -0.15) is 0 Å². The fraction of sp³-hybridized carbons (Fsp3) is 0.400. The van der Waals surface area contributed by atoms with Crippen molar-refractivity contribution < 1.29 is 23.7 Å². The van der Waals surface area contributed by atoms with E-state index < -0.39 is 18.6 Å². The Morgan fingerprint density at radius 3 is 2.47 bits per heavy atom. The Kier molecular flexibility index (Phi) is 5.60. The molecule has 1 rings (SSSR count). The van der Waals surface area contributed by atoms with Gasteiger partial charge in [0.2, 0.25) is 0 Å². The molecule has 0 amide bonds. The summed E-state index contributed by atoms with van der Waals surface area (Å²) in [5.74, 6) is -3.53. The van der Waals surface area contributed by atoms with Crippen molar-refractivity contribution in [3.05, 3.63) is 23.8 Å². The zero-order valence-corrected chi connectivity index (χ0v) is 9.88. The van der Waals surface area contributed by atoms with Crippen molar-refractivity contribution in [1.29, 1.82) is 0 Å². The molecular weight excluding hydrogens is 256 g/mol. The summed E-state index contributed by atoms with van der Waals surface area (Å²) in [6, 6.07) is 2.07.